The Morgan fingerprint density at radius 2 is 1.52 bits per heavy atom. The standard InChI is InChI=1S/C14H13NO8S2/c1-2-3-13(17)15-11-6-9(24(18,19)20)4-8-5-10(25(21,22)23)7-12(16)14(8)11/h2-7,16H,1H3,(H,15,17)(H,18,19,20)(H,21,22,23)/b3-2+. The molecule has 0 aliphatic heterocycles. The predicted octanol–water partition coefficient (Wildman–Crippen LogP) is 1.55. The number of carbonyl (C=O) groups excluding carboxylic acids is 1. The van der Waals surface area contributed by atoms with Gasteiger partial charge < -0.3 is 10.4 Å². The number of benzene rings is 2. The molecule has 4 N–H and O–H groups in total. The van der Waals surface area contributed by atoms with E-state index in [2.05, 4.69) is 5.32 Å². The van der Waals surface area contributed by atoms with Crippen molar-refractivity contribution in [2.75, 3.05) is 5.32 Å². The van der Waals surface area contributed by atoms with E-state index in [-0.39, 0.29) is 16.5 Å². The number of carbonyl (C=O) groups is 1. The van der Waals surface area contributed by atoms with Crippen molar-refractivity contribution in [3.05, 3.63) is 36.4 Å². The van der Waals surface area contributed by atoms with Gasteiger partial charge in [0.05, 0.1) is 15.5 Å². The van der Waals surface area contributed by atoms with Crippen molar-refractivity contribution >= 4 is 42.6 Å². The highest BCUT2D eigenvalue weighted by Crippen LogP contribution is 2.36. The minimum atomic E-state index is -4.69. The van der Waals surface area contributed by atoms with Crippen LogP contribution in [0.25, 0.3) is 10.8 Å². The van der Waals surface area contributed by atoms with Gasteiger partial charge in [0.25, 0.3) is 20.2 Å². The van der Waals surface area contributed by atoms with Gasteiger partial charge in [-0.1, -0.05) is 6.08 Å². The molecule has 0 aromatic heterocycles. The van der Waals surface area contributed by atoms with Crippen LogP contribution in [0, 0.1) is 0 Å². The molecule has 0 atom stereocenters. The van der Waals surface area contributed by atoms with Crippen LogP contribution in [0.3, 0.4) is 0 Å². The Balaban J connectivity index is 2.88. The Morgan fingerprint density at radius 1 is 1.00 bits per heavy atom. The van der Waals surface area contributed by atoms with E-state index in [0.717, 1.165) is 30.3 Å². The van der Waals surface area contributed by atoms with Gasteiger partial charge in [0.1, 0.15) is 5.75 Å². The average molecular weight is 387 g/mol. The number of hydrogen-bond donors (Lipinski definition) is 4. The van der Waals surface area contributed by atoms with E-state index in [1.54, 1.807) is 6.92 Å². The van der Waals surface area contributed by atoms with E-state index in [1.165, 1.54) is 6.08 Å². The molecule has 25 heavy (non-hydrogen) atoms. The maximum atomic E-state index is 11.7. The second-order valence-corrected chi connectivity index (χ2v) is 7.79. The zero-order valence-electron chi connectivity index (χ0n) is 12.7. The molecule has 0 heterocycles. The molecule has 0 fully saturated rings. The van der Waals surface area contributed by atoms with Crippen LogP contribution in [-0.4, -0.2) is 37.0 Å². The van der Waals surface area contributed by atoms with Gasteiger partial charge in [0.2, 0.25) is 5.91 Å². The third kappa shape index (κ3) is 4.14. The van der Waals surface area contributed by atoms with Gasteiger partial charge in [-0.05, 0) is 36.6 Å². The number of fused-ring (bicyclic) bond motifs is 1. The Labute approximate surface area is 143 Å². The zero-order valence-corrected chi connectivity index (χ0v) is 14.3. The summed E-state index contributed by atoms with van der Waals surface area (Å²) in [6.07, 6.45) is 2.55. The van der Waals surface area contributed by atoms with Crippen molar-refractivity contribution in [1.82, 2.24) is 0 Å². The lowest BCUT2D eigenvalue weighted by molar-refractivity contribution is -0.111. The molecule has 2 rings (SSSR count). The van der Waals surface area contributed by atoms with E-state index in [4.69, 9.17) is 4.55 Å². The summed E-state index contributed by atoms with van der Waals surface area (Å²) in [5, 5.41) is 12.2. The van der Waals surface area contributed by atoms with Crippen LogP contribution >= 0.6 is 0 Å². The third-order valence-corrected chi connectivity index (χ3v) is 4.81. The molecule has 0 aliphatic rings. The quantitative estimate of drug-likeness (QED) is 0.454. The molecule has 2 aromatic rings. The fourth-order valence-electron chi connectivity index (χ4n) is 2.16. The predicted molar refractivity (Wildman–Crippen MR) is 88.7 cm³/mol. The molecular weight excluding hydrogens is 374 g/mol. The number of hydrogen-bond acceptors (Lipinski definition) is 6. The van der Waals surface area contributed by atoms with Crippen molar-refractivity contribution in [2.45, 2.75) is 16.7 Å². The molecule has 2 aromatic carbocycles. The molecule has 0 radical (unpaired) electrons. The van der Waals surface area contributed by atoms with Crippen LogP contribution in [0.2, 0.25) is 0 Å². The van der Waals surface area contributed by atoms with Crippen LogP contribution in [0.1, 0.15) is 6.92 Å². The first-order chi connectivity index (χ1) is 11.4. The SMILES string of the molecule is C/C=C/C(=O)Nc1cc(S(=O)(=O)O)cc2cc(S(=O)(=O)O)cc(O)c12. The highest BCUT2D eigenvalue weighted by atomic mass is 32.2. The normalized spacial score (nSPS) is 12.6. The zero-order chi connectivity index (χ0) is 19.0. The monoisotopic (exact) mass is 387 g/mol. The molecule has 0 unspecified atom stereocenters. The number of nitrogens with one attached hydrogen (secondary N) is 1. The molecular formula is C14H13NO8S2. The molecule has 0 saturated heterocycles. The summed E-state index contributed by atoms with van der Waals surface area (Å²) in [6, 6.07) is 3.44. The molecule has 9 nitrogen and oxygen atoms in total. The fourth-order valence-corrected chi connectivity index (χ4v) is 3.24. The molecule has 1 amide bonds. The summed E-state index contributed by atoms with van der Waals surface area (Å²) in [4.78, 5) is 10.4. The summed E-state index contributed by atoms with van der Waals surface area (Å²) in [7, 11) is -9.37. The second kappa shape index (κ2) is 6.44. The third-order valence-electron chi connectivity index (χ3n) is 3.15. The van der Waals surface area contributed by atoms with E-state index >= 15 is 0 Å². The van der Waals surface area contributed by atoms with E-state index in [0.29, 0.717) is 0 Å². The highest BCUT2D eigenvalue weighted by Gasteiger charge is 2.20. The first-order valence-corrected chi connectivity index (χ1v) is 9.51. The van der Waals surface area contributed by atoms with Gasteiger partial charge in [-0.3, -0.25) is 13.9 Å². The number of aromatic hydroxyl groups is 1. The Kier molecular flexibility index (Phi) is 4.86. The van der Waals surface area contributed by atoms with Crippen LogP contribution in [0.4, 0.5) is 5.69 Å². The molecule has 0 saturated carbocycles. The minimum Gasteiger partial charge on any atom is -0.507 e. The second-order valence-electron chi connectivity index (χ2n) is 4.95. The number of phenols is 1. The number of anilines is 1. The molecule has 0 spiro atoms. The van der Waals surface area contributed by atoms with Crippen LogP contribution in [-0.2, 0) is 25.0 Å². The number of phenolic OH excluding ortho intramolecular Hbond substituents is 1. The van der Waals surface area contributed by atoms with Crippen molar-refractivity contribution in [1.29, 1.82) is 0 Å². The molecule has 134 valence electrons. The van der Waals surface area contributed by atoms with Crippen LogP contribution in [0.15, 0.2) is 46.2 Å². The van der Waals surface area contributed by atoms with Gasteiger partial charge in [0.15, 0.2) is 0 Å². The summed E-state index contributed by atoms with van der Waals surface area (Å²) in [6.45, 7) is 1.57. The molecule has 11 heteroatoms. The smallest absolute Gasteiger partial charge is 0.294 e. The van der Waals surface area contributed by atoms with Crippen LogP contribution in [0.5, 0.6) is 5.75 Å². The lowest BCUT2D eigenvalue weighted by Gasteiger charge is -2.12. The maximum absolute atomic E-state index is 11.7. The van der Waals surface area contributed by atoms with Gasteiger partial charge in [-0.15, -0.1) is 0 Å². The van der Waals surface area contributed by atoms with Gasteiger partial charge >= 0.3 is 0 Å². The van der Waals surface area contributed by atoms with E-state index in [9.17, 15) is 31.3 Å². The lowest BCUT2D eigenvalue weighted by atomic mass is 10.1. The first kappa shape index (κ1) is 18.9. The summed E-state index contributed by atoms with van der Waals surface area (Å²) in [5.74, 6) is -1.27. The Bertz CT molecular complexity index is 1100. The minimum absolute atomic E-state index is 0.0716. The van der Waals surface area contributed by atoms with Crippen molar-refractivity contribution < 1.29 is 35.8 Å². The average Bonchev–Trinajstić information content (AvgIpc) is 2.44. The van der Waals surface area contributed by atoms with Crippen molar-refractivity contribution in [3.63, 3.8) is 0 Å². The largest absolute Gasteiger partial charge is 0.507 e. The van der Waals surface area contributed by atoms with Gasteiger partial charge in [-0.2, -0.15) is 16.8 Å². The maximum Gasteiger partial charge on any atom is 0.294 e. The molecule has 0 aliphatic carbocycles. The van der Waals surface area contributed by atoms with Gasteiger partial charge in [-0.25, -0.2) is 0 Å². The van der Waals surface area contributed by atoms with Gasteiger partial charge in [0, 0.05) is 11.5 Å². The first-order valence-electron chi connectivity index (χ1n) is 6.63. The van der Waals surface area contributed by atoms with E-state index < -0.39 is 41.7 Å². The highest BCUT2D eigenvalue weighted by molar-refractivity contribution is 7.86. The van der Waals surface area contributed by atoms with Crippen molar-refractivity contribution in [3.8, 4) is 5.75 Å². The van der Waals surface area contributed by atoms with Crippen LogP contribution < -0.4 is 5.32 Å². The lowest BCUT2D eigenvalue weighted by Crippen LogP contribution is -2.10. The molecule has 0 bridgehead atoms. The van der Waals surface area contributed by atoms with Crippen molar-refractivity contribution in [2.24, 2.45) is 0 Å². The summed E-state index contributed by atoms with van der Waals surface area (Å²) >= 11 is 0. The number of allylic oxidation sites excluding steroid dienone is 1. The summed E-state index contributed by atoms with van der Waals surface area (Å²) in [5.41, 5.74) is -0.174. The van der Waals surface area contributed by atoms with E-state index in [1.807, 2.05) is 0 Å². The fraction of sp³-hybridized carbons (Fsp3) is 0.0714. The number of amides is 1. The summed E-state index contributed by atoms with van der Waals surface area (Å²) < 4.78 is 63.7. The Morgan fingerprint density at radius 3 is 2.00 bits per heavy atom. The number of rotatable bonds is 4. The Hall–Kier alpha value is -2.47. The topological polar surface area (TPSA) is 158 Å².